The van der Waals surface area contributed by atoms with Gasteiger partial charge in [0.05, 0.1) is 11.2 Å². The Morgan fingerprint density at radius 1 is 1.18 bits per heavy atom. The van der Waals surface area contributed by atoms with Crippen LogP contribution in [0.15, 0.2) is 53.0 Å². The number of aromatic nitrogens is 5. The lowest BCUT2D eigenvalue weighted by molar-refractivity contribution is 0.0951. The van der Waals surface area contributed by atoms with Crippen molar-refractivity contribution in [3.63, 3.8) is 0 Å². The van der Waals surface area contributed by atoms with E-state index in [1.165, 1.54) is 12.1 Å². The van der Waals surface area contributed by atoms with Crippen molar-refractivity contribution in [2.45, 2.75) is 0 Å². The van der Waals surface area contributed by atoms with Crippen LogP contribution in [0.5, 0.6) is 0 Å². The van der Waals surface area contributed by atoms with Crippen LogP contribution in [0.25, 0.3) is 16.6 Å². The lowest BCUT2D eigenvalue weighted by atomic mass is 10.2. The number of para-hydroxylation sites is 1. The predicted octanol–water partition coefficient (Wildman–Crippen LogP) is 2.89. The van der Waals surface area contributed by atoms with Gasteiger partial charge in [-0.1, -0.05) is 39.2 Å². The molecule has 0 radical (unpaired) electrons. The number of fused-ring (bicyclic) bond motifs is 1. The summed E-state index contributed by atoms with van der Waals surface area (Å²) >= 11 is 3.24. The van der Waals surface area contributed by atoms with Gasteiger partial charge in [-0.05, 0) is 40.8 Å². The van der Waals surface area contributed by atoms with Gasteiger partial charge in [0.25, 0.3) is 5.91 Å². The molecule has 8 nitrogen and oxygen atoms in total. The predicted molar refractivity (Wildman–Crippen MR) is 106 cm³/mol. The minimum atomic E-state index is -0.394. The summed E-state index contributed by atoms with van der Waals surface area (Å²) in [5.41, 5.74) is 1.67. The van der Waals surface area contributed by atoms with Gasteiger partial charge in [0.1, 0.15) is 11.5 Å². The Morgan fingerprint density at radius 2 is 2.00 bits per heavy atom. The third-order valence-corrected chi connectivity index (χ3v) is 4.52. The highest BCUT2D eigenvalue weighted by Crippen LogP contribution is 2.23. The third-order valence-electron chi connectivity index (χ3n) is 4.06. The van der Waals surface area contributed by atoms with E-state index in [1.54, 1.807) is 10.7 Å². The van der Waals surface area contributed by atoms with Gasteiger partial charge in [-0.3, -0.25) is 4.79 Å². The fraction of sp³-hybridized carbons (Fsp3) is 0.111. The summed E-state index contributed by atoms with van der Waals surface area (Å²) in [6.45, 7) is 0.751. The van der Waals surface area contributed by atoms with E-state index in [0.717, 1.165) is 5.69 Å². The number of benzene rings is 2. The zero-order valence-electron chi connectivity index (χ0n) is 14.5. The normalized spacial score (nSPS) is 10.9. The molecule has 0 bridgehead atoms. The number of tetrazole rings is 1. The number of nitrogens with one attached hydrogen (secondary N) is 3. The average Bonchev–Trinajstić information content (AvgIpc) is 3.33. The number of rotatable bonds is 6. The van der Waals surface area contributed by atoms with Crippen molar-refractivity contribution in [1.82, 2.24) is 30.5 Å². The number of nitrogens with zero attached hydrogens (tertiary/aromatic N) is 4. The Bertz CT molecular complexity index is 1130. The largest absolute Gasteiger partial charge is 0.351 e. The van der Waals surface area contributed by atoms with Crippen LogP contribution in [-0.2, 0) is 0 Å². The first kappa shape index (κ1) is 18.1. The van der Waals surface area contributed by atoms with Crippen LogP contribution in [0, 0.1) is 5.82 Å². The summed E-state index contributed by atoms with van der Waals surface area (Å²) < 4.78 is 16.1. The van der Waals surface area contributed by atoms with E-state index in [-0.39, 0.29) is 5.91 Å². The molecular formula is C18H15BrFN7O. The molecule has 4 rings (SSSR count). The SMILES string of the molecule is O=C(NCCNc1nnnn1-c1ccccc1)c1cc2c(F)cc(Br)cc2[nH]1. The van der Waals surface area contributed by atoms with Gasteiger partial charge in [0.15, 0.2) is 0 Å². The smallest absolute Gasteiger partial charge is 0.267 e. The van der Waals surface area contributed by atoms with Crippen molar-refractivity contribution in [3.8, 4) is 5.69 Å². The fourth-order valence-corrected chi connectivity index (χ4v) is 3.20. The number of hydrogen-bond donors (Lipinski definition) is 3. The number of amides is 1. The Hall–Kier alpha value is -3.27. The molecular weight excluding hydrogens is 429 g/mol. The number of aromatic amines is 1. The van der Waals surface area contributed by atoms with Gasteiger partial charge in [-0.25, -0.2) is 4.39 Å². The van der Waals surface area contributed by atoms with Crippen LogP contribution in [0.4, 0.5) is 10.3 Å². The molecule has 0 aliphatic rings. The number of carbonyl (C=O) groups excluding carboxylic acids is 1. The molecule has 2 aromatic carbocycles. The molecule has 10 heteroatoms. The van der Waals surface area contributed by atoms with Crippen LogP contribution >= 0.6 is 15.9 Å². The van der Waals surface area contributed by atoms with E-state index < -0.39 is 5.82 Å². The molecule has 28 heavy (non-hydrogen) atoms. The van der Waals surface area contributed by atoms with E-state index in [4.69, 9.17) is 0 Å². The molecule has 0 fully saturated rings. The summed E-state index contributed by atoms with van der Waals surface area (Å²) in [6, 6.07) is 14.0. The van der Waals surface area contributed by atoms with Gasteiger partial charge in [-0.2, -0.15) is 4.68 Å². The zero-order chi connectivity index (χ0) is 19.5. The van der Waals surface area contributed by atoms with Gasteiger partial charge in [0, 0.05) is 22.9 Å². The molecule has 0 aliphatic carbocycles. The molecule has 1 amide bonds. The Kier molecular flexibility index (Phi) is 5.02. The molecule has 0 aliphatic heterocycles. The van der Waals surface area contributed by atoms with Gasteiger partial charge in [0.2, 0.25) is 5.95 Å². The van der Waals surface area contributed by atoms with Crippen LogP contribution in [0.3, 0.4) is 0 Å². The molecule has 0 saturated carbocycles. The maximum absolute atomic E-state index is 14.0. The lowest BCUT2D eigenvalue weighted by Crippen LogP contribution is -2.29. The second kappa shape index (κ2) is 7.77. The molecule has 142 valence electrons. The summed E-state index contributed by atoms with van der Waals surface area (Å²) in [7, 11) is 0. The molecule has 4 aromatic rings. The molecule has 0 unspecified atom stereocenters. The molecule has 0 saturated heterocycles. The van der Waals surface area contributed by atoms with E-state index in [0.29, 0.717) is 40.1 Å². The lowest BCUT2D eigenvalue weighted by Gasteiger charge is -2.07. The van der Waals surface area contributed by atoms with E-state index in [2.05, 4.69) is 47.1 Å². The Labute approximate surface area is 167 Å². The topological polar surface area (TPSA) is 101 Å². The minimum absolute atomic E-state index is 0.293. The zero-order valence-corrected chi connectivity index (χ0v) is 16.1. The molecule has 0 atom stereocenters. The first-order chi connectivity index (χ1) is 13.6. The second-order valence-corrected chi connectivity index (χ2v) is 6.88. The number of carbonyl (C=O) groups is 1. The highest BCUT2D eigenvalue weighted by atomic mass is 79.9. The molecule has 2 aromatic heterocycles. The fourth-order valence-electron chi connectivity index (χ4n) is 2.77. The van der Waals surface area contributed by atoms with Crippen LogP contribution < -0.4 is 10.6 Å². The van der Waals surface area contributed by atoms with Crippen LogP contribution in [0.2, 0.25) is 0 Å². The highest BCUT2D eigenvalue weighted by molar-refractivity contribution is 9.10. The Balaban J connectivity index is 1.36. The van der Waals surface area contributed by atoms with E-state index >= 15 is 0 Å². The van der Waals surface area contributed by atoms with Gasteiger partial charge >= 0.3 is 0 Å². The maximum Gasteiger partial charge on any atom is 0.267 e. The monoisotopic (exact) mass is 443 g/mol. The molecule has 0 spiro atoms. The number of anilines is 1. The van der Waals surface area contributed by atoms with E-state index in [1.807, 2.05) is 30.3 Å². The first-order valence-electron chi connectivity index (χ1n) is 8.45. The number of H-pyrrole nitrogens is 1. The van der Waals surface area contributed by atoms with Crippen molar-refractivity contribution in [1.29, 1.82) is 0 Å². The van der Waals surface area contributed by atoms with Gasteiger partial charge < -0.3 is 15.6 Å². The summed E-state index contributed by atoms with van der Waals surface area (Å²) in [5.74, 6) is -0.247. The van der Waals surface area contributed by atoms with Crippen molar-refractivity contribution in [2.75, 3.05) is 18.4 Å². The van der Waals surface area contributed by atoms with Crippen molar-refractivity contribution < 1.29 is 9.18 Å². The van der Waals surface area contributed by atoms with Gasteiger partial charge in [-0.15, -0.1) is 0 Å². The van der Waals surface area contributed by atoms with E-state index in [9.17, 15) is 9.18 Å². The summed E-state index contributed by atoms with van der Waals surface area (Å²) in [5, 5.41) is 17.8. The summed E-state index contributed by atoms with van der Waals surface area (Å²) in [4.78, 5) is 15.2. The maximum atomic E-state index is 14.0. The third kappa shape index (κ3) is 3.72. The van der Waals surface area contributed by atoms with Crippen molar-refractivity contribution >= 4 is 38.7 Å². The van der Waals surface area contributed by atoms with Crippen molar-refractivity contribution in [3.05, 3.63) is 64.5 Å². The Morgan fingerprint density at radius 3 is 2.82 bits per heavy atom. The first-order valence-corrected chi connectivity index (χ1v) is 9.25. The highest BCUT2D eigenvalue weighted by Gasteiger charge is 2.13. The average molecular weight is 444 g/mol. The summed E-state index contributed by atoms with van der Waals surface area (Å²) in [6.07, 6.45) is 0. The molecule has 3 N–H and O–H groups in total. The quantitative estimate of drug-likeness (QED) is 0.397. The van der Waals surface area contributed by atoms with Crippen LogP contribution in [-0.4, -0.2) is 44.2 Å². The minimum Gasteiger partial charge on any atom is -0.351 e. The standard InChI is InChI=1S/C18H15BrFN7O/c19-11-8-14(20)13-10-16(23-15(13)9-11)17(28)21-6-7-22-18-24-25-26-27(18)12-4-2-1-3-5-12/h1-5,8-10,23H,6-7H2,(H,21,28)(H,22,24,26). The van der Waals surface area contributed by atoms with Crippen molar-refractivity contribution in [2.24, 2.45) is 0 Å². The molecule has 2 heterocycles. The second-order valence-electron chi connectivity index (χ2n) is 5.96. The van der Waals surface area contributed by atoms with Crippen LogP contribution in [0.1, 0.15) is 10.5 Å². The number of hydrogen-bond acceptors (Lipinski definition) is 5. The number of halogens is 2.